The van der Waals surface area contributed by atoms with Gasteiger partial charge in [0.1, 0.15) is 26.4 Å². The molecule has 0 amide bonds. The van der Waals surface area contributed by atoms with Crippen molar-refractivity contribution in [2.75, 3.05) is 0 Å². The SMILES string of the molecule is CC(C)(C)[S@+]([O-])N[C@H](c1nc(Br)cs1)[C@H](N)C(=O)O. The zero-order chi connectivity index (χ0) is 14.8. The van der Waals surface area contributed by atoms with Crippen molar-refractivity contribution in [1.82, 2.24) is 9.71 Å². The molecule has 0 aliphatic rings. The molecule has 0 aromatic carbocycles. The minimum atomic E-state index is -1.44. The van der Waals surface area contributed by atoms with E-state index in [0.717, 1.165) is 0 Å². The maximum absolute atomic E-state index is 12.1. The second kappa shape index (κ2) is 6.51. The Balaban J connectivity index is 2.97. The number of hydrogen-bond donors (Lipinski definition) is 3. The highest BCUT2D eigenvalue weighted by Gasteiger charge is 2.36. The zero-order valence-electron chi connectivity index (χ0n) is 10.7. The van der Waals surface area contributed by atoms with Gasteiger partial charge in [-0.25, -0.2) is 4.98 Å². The predicted molar refractivity (Wildman–Crippen MR) is 79.2 cm³/mol. The summed E-state index contributed by atoms with van der Waals surface area (Å²) < 4.78 is 14.9. The summed E-state index contributed by atoms with van der Waals surface area (Å²) in [6, 6.07) is -2.02. The van der Waals surface area contributed by atoms with Crippen molar-refractivity contribution in [3.05, 3.63) is 15.0 Å². The number of rotatable bonds is 5. The van der Waals surface area contributed by atoms with Crippen LogP contribution in [0, 0.1) is 0 Å². The molecule has 1 rings (SSSR count). The summed E-state index contributed by atoms with van der Waals surface area (Å²) in [5, 5.41) is 11.2. The van der Waals surface area contributed by atoms with Gasteiger partial charge in [0.25, 0.3) is 0 Å². The normalized spacial score (nSPS) is 16.9. The fraction of sp³-hybridized carbons (Fsp3) is 0.600. The van der Waals surface area contributed by atoms with Crippen molar-refractivity contribution in [1.29, 1.82) is 0 Å². The summed E-state index contributed by atoms with van der Waals surface area (Å²) in [6.07, 6.45) is 0. The highest BCUT2D eigenvalue weighted by Crippen LogP contribution is 2.26. The molecule has 0 radical (unpaired) electrons. The summed E-state index contributed by atoms with van der Waals surface area (Å²) in [6.45, 7) is 5.37. The molecule has 3 atom stereocenters. The lowest BCUT2D eigenvalue weighted by atomic mass is 10.1. The van der Waals surface area contributed by atoms with E-state index >= 15 is 0 Å². The average Bonchev–Trinajstić information content (AvgIpc) is 2.69. The van der Waals surface area contributed by atoms with Crippen LogP contribution in [-0.4, -0.2) is 31.4 Å². The van der Waals surface area contributed by atoms with Gasteiger partial charge in [0.2, 0.25) is 0 Å². The van der Waals surface area contributed by atoms with E-state index in [1.807, 2.05) is 0 Å². The van der Waals surface area contributed by atoms with E-state index in [2.05, 4.69) is 25.6 Å². The molecule has 0 bridgehead atoms. The molecule has 1 heterocycles. The molecule has 0 saturated heterocycles. The van der Waals surface area contributed by atoms with Crippen molar-refractivity contribution in [3.63, 3.8) is 0 Å². The van der Waals surface area contributed by atoms with Crippen molar-refractivity contribution in [2.45, 2.75) is 37.6 Å². The molecule has 1 aromatic heterocycles. The number of carboxylic acids is 1. The van der Waals surface area contributed by atoms with E-state index in [9.17, 15) is 9.35 Å². The van der Waals surface area contributed by atoms with Crippen LogP contribution in [0.4, 0.5) is 0 Å². The van der Waals surface area contributed by atoms with Gasteiger partial charge in [0, 0.05) is 16.7 Å². The first-order valence-corrected chi connectivity index (χ1v) is 8.22. The molecule has 4 N–H and O–H groups in total. The van der Waals surface area contributed by atoms with Gasteiger partial charge in [-0.2, -0.15) is 0 Å². The van der Waals surface area contributed by atoms with Crippen molar-refractivity contribution < 1.29 is 14.5 Å². The Morgan fingerprint density at radius 1 is 1.68 bits per heavy atom. The molecule has 0 aliphatic carbocycles. The molecule has 9 heteroatoms. The first-order valence-electron chi connectivity index (χ1n) is 5.40. The van der Waals surface area contributed by atoms with Crippen LogP contribution in [0.3, 0.4) is 0 Å². The largest absolute Gasteiger partial charge is 0.598 e. The van der Waals surface area contributed by atoms with Gasteiger partial charge >= 0.3 is 5.97 Å². The standard InChI is InChI=1S/C10H16BrN3O3S2/c1-10(2,3)19(17)14-7(6(12)9(15)16)8-13-5(11)4-18-8/h4,6-7,14H,12H2,1-3H3,(H,15,16)/t6-,7-,19-/m0/s1. The number of carboxylic acid groups (broad SMARTS) is 1. The van der Waals surface area contributed by atoms with E-state index < -0.39 is 34.2 Å². The first-order chi connectivity index (χ1) is 8.62. The number of nitrogens with one attached hydrogen (secondary N) is 1. The molecule has 0 spiro atoms. The van der Waals surface area contributed by atoms with Crippen LogP contribution in [0.15, 0.2) is 9.98 Å². The second-order valence-electron chi connectivity index (χ2n) is 4.85. The smallest absolute Gasteiger partial charge is 0.322 e. The molecule has 0 aliphatic heterocycles. The zero-order valence-corrected chi connectivity index (χ0v) is 13.9. The average molecular weight is 370 g/mol. The summed E-state index contributed by atoms with van der Waals surface area (Å²) in [7, 11) is 0. The van der Waals surface area contributed by atoms with Crippen LogP contribution >= 0.6 is 27.3 Å². The minimum Gasteiger partial charge on any atom is -0.598 e. The molecule has 0 saturated carbocycles. The van der Waals surface area contributed by atoms with Gasteiger partial charge in [-0.1, -0.05) is 0 Å². The number of nitrogens with zero attached hydrogens (tertiary/aromatic N) is 1. The second-order valence-corrected chi connectivity index (χ2v) is 8.55. The molecule has 108 valence electrons. The fourth-order valence-corrected chi connectivity index (χ4v) is 3.40. The van der Waals surface area contributed by atoms with Gasteiger partial charge < -0.3 is 15.4 Å². The molecule has 0 fully saturated rings. The van der Waals surface area contributed by atoms with Gasteiger partial charge in [-0.3, -0.25) is 4.79 Å². The Kier molecular flexibility index (Phi) is 5.78. The highest BCUT2D eigenvalue weighted by molar-refractivity contribution is 9.10. The van der Waals surface area contributed by atoms with Gasteiger partial charge in [0.15, 0.2) is 0 Å². The third-order valence-corrected chi connectivity index (χ3v) is 5.41. The molecular formula is C10H16BrN3O3S2. The Morgan fingerprint density at radius 2 is 2.26 bits per heavy atom. The highest BCUT2D eigenvalue weighted by atomic mass is 79.9. The van der Waals surface area contributed by atoms with E-state index in [0.29, 0.717) is 9.61 Å². The molecule has 19 heavy (non-hydrogen) atoms. The lowest BCUT2D eigenvalue weighted by Crippen LogP contribution is -2.49. The summed E-state index contributed by atoms with van der Waals surface area (Å²) in [5.74, 6) is -1.17. The van der Waals surface area contributed by atoms with E-state index in [-0.39, 0.29) is 0 Å². The molecule has 1 aromatic rings. The lowest BCUT2D eigenvalue weighted by molar-refractivity contribution is -0.139. The van der Waals surface area contributed by atoms with Gasteiger partial charge in [-0.05, 0) is 36.7 Å². The Labute approximate surface area is 127 Å². The number of hydrogen-bond acceptors (Lipinski definition) is 6. The maximum atomic E-state index is 12.1. The minimum absolute atomic E-state index is 0.486. The van der Waals surface area contributed by atoms with E-state index in [1.165, 1.54) is 11.3 Å². The van der Waals surface area contributed by atoms with Crippen LogP contribution in [0.25, 0.3) is 0 Å². The van der Waals surface area contributed by atoms with Gasteiger partial charge in [-0.15, -0.1) is 16.1 Å². The third-order valence-electron chi connectivity index (χ3n) is 2.19. The van der Waals surface area contributed by atoms with Crippen LogP contribution in [0.2, 0.25) is 0 Å². The number of carbonyl (C=O) groups is 1. The first kappa shape index (κ1) is 16.9. The Bertz CT molecular complexity index is 449. The third kappa shape index (κ3) is 4.69. The van der Waals surface area contributed by atoms with Crippen molar-refractivity contribution >= 4 is 44.6 Å². The number of thiazole rings is 1. The van der Waals surface area contributed by atoms with Gasteiger partial charge in [0.05, 0.1) is 0 Å². The summed E-state index contributed by atoms with van der Waals surface area (Å²) in [5.41, 5.74) is 5.65. The maximum Gasteiger partial charge on any atom is 0.322 e. The Hall–Kier alpha value is -0.190. The fourth-order valence-electron chi connectivity index (χ4n) is 1.12. The molecular weight excluding hydrogens is 354 g/mol. The van der Waals surface area contributed by atoms with Crippen LogP contribution in [-0.2, 0) is 16.2 Å². The summed E-state index contributed by atoms with van der Waals surface area (Å²) >= 11 is 3.02. The number of nitrogens with two attached hydrogens (primary N) is 1. The molecule has 0 unspecified atom stereocenters. The number of aliphatic carboxylic acids is 1. The molecule has 6 nitrogen and oxygen atoms in total. The number of halogens is 1. The van der Waals surface area contributed by atoms with Crippen LogP contribution in [0.1, 0.15) is 31.8 Å². The predicted octanol–water partition coefficient (Wildman–Crippen LogP) is 1.41. The van der Waals surface area contributed by atoms with E-state index in [1.54, 1.807) is 26.2 Å². The Morgan fingerprint density at radius 3 is 2.63 bits per heavy atom. The van der Waals surface area contributed by atoms with Crippen LogP contribution < -0.4 is 10.5 Å². The van der Waals surface area contributed by atoms with E-state index in [4.69, 9.17) is 10.8 Å². The topological polar surface area (TPSA) is 111 Å². The number of aromatic nitrogens is 1. The van der Waals surface area contributed by atoms with Crippen LogP contribution in [0.5, 0.6) is 0 Å². The van der Waals surface area contributed by atoms with Crippen molar-refractivity contribution in [2.24, 2.45) is 5.73 Å². The van der Waals surface area contributed by atoms with Crippen molar-refractivity contribution in [3.8, 4) is 0 Å². The monoisotopic (exact) mass is 369 g/mol. The lowest BCUT2D eigenvalue weighted by Gasteiger charge is -2.28. The quantitative estimate of drug-likeness (QED) is 0.676. The summed E-state index contributed by atoms with van der Waals surface area (Å²) in [4.78, 5) is 15.2.